The number of nitrogen functional groups attached to an aromatic ring is 1. The van der Waals surface area contributed by atoms with Gasteiger partial charge in [-0.2, -0.15) is 0 Å². The number of aliphatic carboxylic acids is 1. The number of benzene rings is 1. The van der Waals surface area contributed by atoms with Gasteiger partial charge in [0.25, 0.3) is 0 Å². The van der Waals surface area contributed by atoms with E-state index in [0.717, 1.165) is 12.1 Å². The van der Waals surface area contributed by atoms with Crippen molar-refractivity contribution in [1.29, 1.82) is 0 Å². The Labute approximate surface area is 95.4 Å². The number of hydrazine groups is 1. The molecule has 1 aromatic carbocycles. The van der Waals surface area contributed by atoms with Crippen LogP contribution in [0.2, 0.25) is 0 Å². The van der Waals surface area contributed by atoms with Crippen LogP contribution in [0.1, 0.15) is 37.7 Å². The van der Waals surface area contributed by atoms with Crippen molar-refractivity contribution in [2.24, 2.45) is 5.84 Å². The van der Waals surface area contributed by atoms with Crippen molar-refractivity contribution < 1.29 is 9.90 Å². The molecule has 0 aromatic heterocycles. The van der Waals surface area contributed by atoms with Gasteiger partial charge in [0.1, 0.15) is 0 Å². The van der Waals surface area contributed by atoms with Crippen LogP contribution in [0.15, 0.2) is 24.3 Å². The van der Waals surface area contributed by atoms with Crippen molar-refractivity contribution in [3.63, 3.8) is 0 Å². The van der Waals surface area contributed by atoms with E-state index in [0.29, 0.717) is 12.3 Å². The summed E-state index contributed by atoms with van der Waals surface area (Å²) >= 11 is 0. The molecule has 4 heteroatoms. The standard InChI is InChI=1S/C12H18N2O2/c1-2-9(5-8-12(15)16)10-3-6-11(14-13)7-4-10/h3-4,6-7,9,14H,2,5,8,13H2,1H3,(H,15,16). The summed E-state index contributed by atoms with van der Waals surface area (Å²) in [5.41, 5.74) is 4.59. The Morgan fingerprint density at radius 2 is 2.06 bits per heavy atom. The molecule has 0 aliphatic carbocycles. The molecule has 16 heavy (non-hydrogen) atoms. The molecule has 0 saturated heterocycles. The summed E-state index contributed by atoms with van der Waals surface area (Å²) in [6.07, 6.45) is 1.85. The molecule has 1 aromatic rings. The zero-order chi connectivity index (χ0) is 12.0. The molecule has 0 amide bonds. The lowest BCUT2D eigenvalue weighted by molar-refractivity contribution is -0.137. The first-order valence-electron chi connectivity index (χ1n) is 5.45. The molecular weight excluding hydrogens is 204 g/mol. The average molecular weight is 222 g/mol. The van der Waals surface area contributed by atoms with Crippen LogP contribution in [-0.2, 0) is 4.79 Å². The Kier molecular flexibility index (Phi) is 4.79. The predicted octanol–water partition coefficient (Wildman–Crippen LogP) is 2.33. The largest absolute Gasteiger partial charge is 0.481 e. The zero-order valence-electron chi connectivity index (χ0n) is 9.44. The summed E-state index contributed by atoms with van der Waals surface area (Å²) in [6.45, 7) is 2.07. The van der Waals surface area contributed by atoms with Gasteiger partial charge in [0.05, 0.1) is 0 Å². The van der Waals surface area contributed by atoms with E-state index in [1.807, 2.05) is 24.3 Å². The Morgan fingerprint density at radius 3 is 2.50 bits per heavy atom. The van der Waals surface area contributed by atoms with Gasteiger partial charge in [-0.05, 0) is 36.5 Å². The van der Waals surface area contributed by atoms with Gasteiger partial charge in [-0.1, -0.05) is 19.1 Å². The lowest BCUT2D eigenvalue weighted by atomic mass is 9.92. The van der Waals surface area contributed by atoms with Crippen LogP contribution in [0.4, 0.5) is 5.69 Å². The summed E-state index contributed by atoms with van der Waals surface area (Å²) in [6, 6.07) is 7.79. The summed E-state index contributed by atoms with van der Waals surface area (Å²) in [5, 5.41) is 8.66. The summed E-state index contributed by atoms with van der Waals surface area (Å²) in [7, 11) is 0. The number of carboxylic acids is 1. The first kappa shape index (κ1) is 12.5. The molecular formula is C12H18N2O2. The highest BCUT2D eigenvalue weighted by molar-refractivity contribution is 5.66. The highest BCUT2D eigenvalue weighted by atomic mass is 16.4. The Morgan fingerprint density at radius 1 is 1.44 bits per heavy atom. The summed E-state index contributed by atoms with van der Waals surface area (Å²) in [4.78, 5) is 10.5. The molecule has 0 saturated carbocycles. The van der Waals surface area contributed by atoms with Crippen LogP contribution < -0.4 is 11.3 Å². The van der Waals surface area contributed by atoms with E-state index in [4.69, 9.17) is 10.9 Å². The van der Waals surface area contributed by atoms with Crippen molar-refractivity contribution >= 4 is 11.7 Å². The highest BCUT2D eigenvalue weighted by Gasteiger charge is 2.11. The van der Waals surface area contributed by atoms with Crippen molar-refractivity contribution in [2.75, 3.05) is 5.43 Å². The van der Waals surface area contributed by atoms with E-state index in [1.165, 1.54) is 5.56 Å². The lowest BCUT2D eigenvalue weighted by Gasteiger charge is -2.14. The Hall–Kier alpha value is -1.55. The summed E-state index contributed by atoms with van der Waals surface area (Å²) in [5.74, 6) is 4.85. The van der Waals surface area contributed by atoms with Gasteiger partial charge >= 0.3 is 5.97 Å². The molecule has 0 radical (unpaired) electrons. The fourth-order valence-electron chi connectivity index (χ4n) is 1.76. The molecule has 0 aliphatic rings. The Bertz CT molecular complexity index is 335. The molecule has 0 aliphatic heterocycles. The van der Waals surface area contributed by atoms with Crippen LogP contribution in [0.5, 0.6) is 0 Å². The topological polar surface area (TPSA) is 75.3 Å². The van der Waals surface area contributed by atoms with Gasteiger partial charge in [-0.15, -0.1) is 0 Å². The van der Waals surface area contributed by atoms with E-state index in [2.05, 4.69) is 12.3 Å². The normalized spacial score (nSPS) is 12.1. The lowest BCUT2D eigenvalue weighted by Crippen LogP contribution is -2.07. The van der Waals surface area contributed by atoms with Crippen LogP contribution in [-0.4, -0.2) is 11.1 Å². The smallest absolute Gasteiger partial charge is 0.303 e. The average Bonchev–Trinajstić information content (AvgIpc) is 2.30. The number of anilines is 1. The van der Waals surface area contributed by atoms with Crippen LogP contribution >= 0.6 is 0 Å². The SMILES string of the molecule is CCC(CCC(=O)O)c1ccc(NN)cc1. The second kappa shape index (κ2) is 6.12. The minimum absolute atomic E-state index is 0.218. The quantitative estimate of drug-likeness (QED) is 0.510. The third-order valence-electron chi connectivity index (χ3n) is 2.75. The molecule has 4 nitrogen and oxygen atoms in total. The third kappa shape index (κ3) is 3.55. The van der Waals surface area contributed by atoms with E-state index < -0.39 is 5.97 Å². The van der Waals surface area contributed by atoms with Gasteiger partial charge in [0.2, 0.25) is 0 Å². The second-order valence-electron chi connectivity index (χ2n) is 3.80. The number of hydrogen-bond donors (Lipinski definition) is 3. The first-order valence-corrected chi connectivity index (χ1v) is 5.45. The van der Waals surface area contributed by atoms with E-state index in [1.54, 1.807) is 0 Å². The maximum absolute atomic E-state index is 10.5. The highest BCUT2D eigenvalue weighted by Crippen LogP contribution is 2.25. The van der Waals surface area contributed by atoms with E-state index >= 15 is 0 Å². The molecule has 88 valence electrons. The Balaban J connectivity index is 2.66. The van der Waals surface area contributed by atoms with Crippen LogP contribution in [0.25, 0.3) is 0 Å². The number of carboxylic acid groups (broad SMARTS) is 1. The number of hydrogen-bond acceptors (Lipinski definition) is 3. The minimum atomic E-state index is -0.737. The van der Waals surface area contributed by atoms with E-state index in [9.17, 15) is 4.79 Å². The number of nitrogens with one attached hydrogen (secondary N) is 1. The van der Waals surface area contributed by atoms with Gasteiger partial charge in [-0.25, -0.2) is 0 Å². The maximum atomic E-state index is 10.5. The molecule has 0 heterocycles. The maximum Gasteiger partial charge on any atom is 0.303 e. The predicted molar refractivity (Wildman–Crippen MR) is 64.2 cm³/mol. The van der Waals surface area contributed by atoms with Crippen molar-refractivity contribution in [3.05, 3.63) is 29.8 Å². The molecule has 0 bridgehead atoms. The van der Waals surface area contributed by atoms with Crippen LogP contribution in [0, 0.1) is 0 Å². The number of nitrogens with two attached hydrogens (primary N) is 1. The summed E-state index contributed by atoms with van der Waals surface area (Å²) < 4.78 is 0. The number of rotatable bonds is 6. The molecule has 4 N–H and O–H groups in total. The zero-order valence-corrected chi connectivity index (χ0v) is 9.44. The fourth-order valence-corrected chi connectivity index (χ4v) is 1.76. The first-order chi connectivity index (χ1) is 7.67. The monoisotopic (exact) mass is 222 g/mol. The molecule has 0 spiro atoms. The number of carbonyl (C=O) groups is 1. The molecule has 1 unspecified atom stereocenters. The van der Waals surface area contributed by atoms with Crippen molar-refractivity contribution in [3.8, 4) is 0 Å². The fraction of sp³-hybridized carbons (Fsp3) is 0.417. The van der Waals surface area contributed by atoms with Crippen molar-refractivity contribution in [1.82, 2.24) is 0 Å². The van der Waals surface area contributed by atoms with Gasteiger partial charge < -0.3 is 10.5 Å². The van der Waals surface area contributed by atoms with Gasteiger partial charge in [0.15, 0.2) is 0 Å². The molecule has 1 atom stereocenters. The second-order valence-corrected chi connectivity index (χ2v) is 3.80. The van der Waals surface area contributed by atoms with Gasteiger partial charge in [-0.3, -0.25) is 10.6 Å². The van der Waals surface area contributed by atoms with Crippen molar-refractivity contribution in [2.45, 2.75) is 32.1 Å². The molecule has 0 fully saturated rings. The third-order valence-corrected chi connectivity index (χ3v) is 2.75. The van der Waals surface area contributed by atoms with Crippen LogP contribution in [0.3, 0.4) is 0 Å². The minimum Gasteiger partial charge on any atom is -0.481 e. The van der Waals surface area contributed by atoms with Gasteiger partial charge in [0, 0.05) is 12.1 Å². The molecule has 1 rings (SSSR count). The van der Waals surface area contributed by atoms with E-state index in [-0.39, 0.29) is 6.42 Å².